The summed E-state index contributed by atoms with van der Waals surface area (Å²) in [7, 11) is 0. The molecular weight excluding hydrogens is 293 g/mol. The van der Waals surface area contributed by atoms with E-state index >= 15 is 0 Å². The van der Waals surface area contributed by atoms with Crippen LogP contribution in [0.2, 0.25) is 0 Å². The van der Waals surface area contributed by atoms with Crippen LogP contribution in [0.4, 0.5) is 13.2 Å². The van der Waals surface area contributed by atoms with E-state index in [1.807, 2.05) is 13.8 Å². The first-order valence-corrected chi connectivity index (χ1v) is 7.51. The summed E-state index contributed by atoms with van der Waals surface area (Å²) in [6, 6.07) is 3.64. The predicted molar refractivity (Wildman–Crippen MR) is 78.9 cm³/mol. The topological polar surface area (TPSA) is 41.1 Å². The van der Waals surface area contributed by atoms with Gasteiger partial charge in [-0.1, -0.05) is 0 Å². The summed E-state index contributed by atoms with van der Waals surface area (Å²) in [5.74, 6) is -0.497. The van der Waals surface area contributed by atoms with Crippen LogP contribution in [0.15, 0.2) is 18.2 Å². The fourth-order valence-corrected chi connectivity index (χ4v) is 2.78. The van der Waals surface area contributed by atoms with E-state index in [0.29, 0.717) is 25.9 Å². The van der Waals surface area contributed by atoms with E-state index in [9.17, 15) is 18.0 Å². The van der Waals surface area contributed by atoms with Crippen LogP contribution in [0.3, 0.4) is 0 Å². The van der Waals surface area contributed by atoms with E-state index < -0.39 is 11.7 Å². The fourth-order valence-electron chi connectivity index (χ4n) is 2.78. The molecule has 0 spiro atoms. The van der Waals surface area contributed by atoms with E-state index in [2.05, 4.69) is 10.6 Å². The van der Waals surface area contributed by atoms with E-state index in [4.69, 9.17) is 0 Å². The highest BCUT2D eigenvalue weighted by Crippen LogP contribution is 2.38. The standard InChI is InChI=1S/C16H21F3N2O/c1-10(2)21-15(22)12-3-4-14(16(17,18)19)13(9-12)11-5-7-20-8-6-11/h3-4,9-11,20H,5-8H2,1-2H3,(H,21,22). The van der Waals surface area contributed by atoms with Gasteiger partial charge in [0.2, 0.25) is 0 Å². The maximum absolute atomic E-state index is 13.2. The van der Waals surface area contributed by atoms with Gasteiger partial charge in [-0.25, -0.2) is 0 Å². The predicted octanol–water partition coefficient (Wildman–Crippen LogP) is 3.31. The van der Waals surface area contributed by atoms with Gasteiger partial charge in [-0.15, -0.1) is 0 Å². The molecule has 1 aromatic carbocycles. The highest BCUT2D eigenvalue weighted by Gasteiger charge is 2.35. The number of carbonyl (C=O) groups is 1. The Morgan fingerprint density at radius 2 is 1.91 bits per heavy atom. The quantitative estimate of drug-likeness (QED) is 0.899. The molecule has 1 saturated heterocycles. The summed E-state index contributed by atoms with van der Waals surface area (Å²) in [5.41, 5.74) is -0.0962. The van der Waals surface area contributed by atoms with E-state index in [1.54, 1.807) is 0 Å². The number of piperidine rings is 1. The molecule has 0 atom stereocenters. The van der Waals surface area contributed by atoms with Gasteiger partial charge in [-0.3, -0.25) is 4.79 Å². The van der Waals surface area contributed by atoms with Crippen LogP contribution < -0.4 is 10.6 Å². The molecule has 0 bridgehead atoms. The molecule has 0 aliphatic carbocycles. The molecule has 6 heteroatoms. The van der Waals surface area contributed by atoms with Crippen molar-refractivity contribution in [3.63, 3.8) is 0 Å². The smallest absolute Gasteiger partial charge is 0.350 e. The van der Waals surface area contributed by atoms with Crippen molar-refractivity contribution in [3.05, 3.63) is 34.9 Å². The first-order valence-electron chi connectivity index (χ1n) is 7.51. The van der Waals surface area contributed by atoms with Gasteiger partial charge in [-0.2, -0.15) is 13.2 Å². The molecule has 2 N–H and O–H groups in total. The maximum atomic E-state index is 13.2. The normalized spacial score (nSPS) is 16.8. The molecule has 1 heterocycles. The molecule has 3 nitrogen and oxygen atoms in total. The van der Waals surface area contributed by atoms with Gasteiger partial charge in [0.25, 0.3) is 5.91 Å². The Bertz CT molecular complexity index is 535. The lowest BCUT2D eigenvalue weighted by Gasteiger charge is -2.26. The first kappa shape index (κ1) is 16.8. The van der Waals surface area contributed by atoms with Crippen LogP contribution in [-0.4, -0.2) is 25.0 Å². The summed E-state index contributed by atoms with van der Waals surface area (Å²) in [6.45, 7) is 5.03. The Balaban J connectivity index is 2.38. The lowest BCUT2D eigenvalue weighted by Crippen LogP contribution is -2.31. The first-order chi connectivity index (χ1) is 10.3. The number of nitrogens with one attached hydrogen (secondary N) is 2. The van der Waals surface area contributed by atoms with Crippen LogP contribution in [0.1, 0.15) is 54.1 Å². The summed E-state index contributed by atoms with van der Waals surface area (Å²) >= 11 is 0. The second-order valence-electron chi connectivity index (χ2n) is 5.95. The number of carbonyl (C=O) groups excluding carboxylic acids is 1. The Kier molecular flexibility index (Phi) is 5.11. The largest absolute Gasteiger partial charge is 0.416 e. The van der Waals surface area contributed by atoms with Crippen molar-refractivity contribution >= 4 is 5.91 Å². The third-order valence-electron chi connectivity index (χ3n) is 3.82. The summed E-state index contributed by atoms with van der Waals surface area (Å²) in [5, 5.41) is 5.86. The molecule has 0 radical (unpaired) electrons. The van der Waals surface area contributed by atoms with Crippen molar-refractivity contribution < 1.29 is 18.0 Å². The van der Waals surface area contributed by atoms with Crippen LogP contribution >= 0.6 is 0 Å². The number of rotatable bonds is 3. The minimum Gasteiger partial charge on any atom is -0.350 e. The molecule has 122 valence electrons. The van der Waals surface area contributed by atoms with Crippen molar-refractivity contribution in [1.82, 2.24) is 10.6 Å². The zero-order chi connectivity index (χ0) is 16.3. The van der Waals surface area contributed by atoms with E-state index in [-0.39, 0.29) is 29.0 Å². The Morgan fingerprint density at radius 1 is 1.27 bits per heavy atom. The summed E-state index contributed by atoms with van der Waals surface area (Å²) in [6.07, 6.45) is -3.09. The van der Waals surface area contributed by atoms with Gasteiger partial charge >= 0.3 is 6.18 Å². The maximum Gasteiger partial charge on any atom is 0.416 e. The lowest BCUT2D eigenvalue weighted by atomic mass is 9.85. The SMILES string of the molecule is CC(C)NC(=O)c1ccc(C(F)(F)F)c(C2CCNCC2)c1. The highest BCUT2D eigenvalue weighted by molar-refractivity contribution is 5.94. The molecule has 0 aromatic heterocycles. The minimum absolute atomic E-state index is 0.0582. The molecule has 0 unspecified atom stereocenters. The molecule has 2 rings (SSSR count). The molecule has 1 aliphatic rings. The van der Waals surface area contributed by atoms with E-state index in [1.165, 1.54) is 12.1 Å². The van der Waals surface area contributed by atoms with Gasteiger partial charge in [-0.05, 0) is 69.5 Å². The third kappa shape index (κ3) is 4.00. The summed E-state index contributed by atoms with van der Waals surface area (Å²) < 4.78 is 39.7. The Labute approximate surface area is 128 Å². The number of amides is 1. The number of hydrogen-bond donors (Lipinski definition) is 2. The van der Waals surface area contributed by atoms with Gasteiger partial charge in [0.15, 0.2) is 0 Å². The molecule has 1 aromatic rings. The van der Waals surface area contributed by atoms with Crippen molar-refractivity contribution in [3.8, 4) is 0 Å². The molecule has 0 saturated carbocycles. The monoisotopic (exact) mass is 314 g/mol. The van der Waals surface area contributed by atoms with Gasteiger partial charge in [0.05, 0.1) is 5.56 Å². The molecule has 1 aliphatic heterocycles. The van der Waals surface area contributed by atoms with Crippen LogP contribution in [0.5, 0.6) is 0 Å². The zero-order valence-corrected chi connectivity index (χ0v) is 12.8. The van der Waals surface area contributed by atoms with Crippen molar-refractivity contribution in [2.75, 3.05) is 13.1 Å². The second kappa shape index (κ2) is 6.69. The minimum atomic E-state index is -4.40. The zero-order valence-electron chi connectivity index (χ0n) is 12.8. The number of alkyl halides is 3. The van der Waals surface area contributed by atoms with Gasteiger partial charge < -0.3 is 10.6 Å². The van der Waals surface area contributed by atoms with E-state index in [0.717, 1.165) is 6.07 Å². The van der Waals surface area contributed by atoms with Crippen molar-refractivity contribution in [1.29, 1.82) is 0 Å². The average Bonchev–Trinajstić information content (AvgIpc) is 2.46. The average molecular weight is 314 g/mol. The second-order valence-corrected chi connectivity index (χ2v) is 5.95. The fraction of sp³-hybridized carbons (Fsp3) is 0.562. The third-order valence-corrected chi connectivity index (χ3v) is 3.82. The molecule has 22 heavy (non-hydrogen) atoms. The van der Waals surface area contributed by atoms with Gasteiger partial charge in [0.1, 0.15) is 0 Å². The number of halogens is 3. The molecule has 1 amide bonds. The van der Waals surface area contributed by atoms with Crippen LogP contribution in [0, 0.1) is 0 Å². The Morgan fingerprint density at radius 3 is 2.45 bits per heavy atom. The van der Waals surface area contributed by atoms with Crippen molar-refractivity contribution in [2.24, 2.45) is 0 Å². The summed E-state index contributed by atoms with van der Waals surface area (Å²) in [4.78, 5) is 12.0. The highest BCUT2D eigenvalue weighted by atomic mass is 19.4. The van der Waals surface area contributed by atoms with Crippen molar-refractivity contribution in [2.45, 2.75) is 44.8 Å². The number of hydrogen-bond acceptors (Lipinski definition) is 2. The lowest BCUT2D eigenvalue weighted by molar-refractivity contribution is -0.138. The molecular formula is C16H21F3N2O. The molecule has 1 fully saturated rings. The Hall–Kier alpha value is -1.56. The van der Waals surface area contributed by atoms with Crippen LogP contribution in [0.25, 0.3) is 0 Å². The number of benzene rings is 1. The van der Waals surface area contributed by atoms with Crippen LogP contribution in [-0.2, 0) is 6.18 Å². The van der Waals surface area contributed by atoms with Gasteiger partial charge in [0, 0.05) is 11.6 Å².